The van der Waals surface area contributed by atoms with Crippen molar-refractivity contribution in [2.45, 2.75) is 45.3 Å². The summed E-state index contributed by atoms with van der Waals surface area (Å²) in [5.41, 5.74) is 1.77. The summed E-state index contributed by atoms with van der Waals surface area (Å²) in [5, 5.41) is 3.61. The van der Waals surface area contributed by atoms with Gasteiger partial charge >= 0.3 is 0 Å². The molecule has 0 saturated heterocycles. The van der Waals surface area contributed by atoms with Crippen LogP contribution >= 0.6 is 11.6 Å². The molecule has 35 heavy (non-hydrogen) atoms. The molecule has 2 amide bonds. The van der Waals surface area contributed by atoms with E-state index in [0.29, 0.717) is 17.2 Å². The fraction of sp³-hybridized carbons (Fsp3) is 0.286. The molecule has 5 nitrogen and oxygen atoms in total. The highest BCUT2D eigenvalue weighted by Gasteiger charge is 2.31. The average Bonchev–Trinajstić information content (AvgIpc) is 2.87. The lowest BCUT2D eigenvalue weighted by Gasteiger charge is -2.32. The lowest BCUT2D eigenvalue weighted by Crippen LogP contribution is -2.53. The standard InChI is InChI=1S/C28H30ClFN2O3/c1-3-20(2)31-28(34)26(17-21-7-5-4-6-8-21)32(18-22-9-11-23(29)12-10-22)27(33)19-35-25-15-13-24(30)14-16-25/h4-16,20,26H,3,17-19H2,1-2H3,(H,31,34)/t20-,26-/m0/s1. The highest BCUT2D eigenvalue weighted by Crippen LogP contribution is 2.18. The Bertz CT molecular complexity index is 1090. The molecule has 0 saturated carbocycles. The van der Waals surface area contributed by atoms with Gasteiger partial charge < -0.3 is 15.0 Å². The van der Waals surface area contributed by atoms with Crippen LogP contribution in [-0.4, -0.2) is 35.4 Å². The maximum Gasteiger partial charge on any atom is 0.261 e. The molecule has 0 spiro atoms. The highest BCUT2D eigenvalue weighted by atomic mass is 35.5. The topological polar surface area (TPSA) is 58.6 Å². The van der Waals surface area contributed by atoms with E-state index in [-0.39, 0.29) is 31.0 Å². The highest BCUT2D eigenvalue weighted by molar-refractivity contribution is 6.30. The second-order valence-corrected chi connectivity index (χ2v) is 8.85. The van der Waals surface area contributed by atoms with Gasteiger partial charge in [0.05, 0.1) is 0 Å². The number of hydrogen-bond acceptors (Lipinski definition) is 3. The van der Waals surface area contributed by atoms with Gasteiger partial charge in [-0.2, -0.15) is 0 Å². The molecule has 1 N–H and O–H groups in total. The lowest BCUT2D eigenvalue weighted by molar-refractivity contribution is -0.143. The summed E-state index contributed by atoms with van der Waals surface area (Å²) < 4.78 is 18.9. The van der Waals surface area contributed by atoms with E-state index in [9.17, 15) is 14.0 Å². The number of hydrogen-bond donors (Lipinski definition) is 1. The van der Waals surface area contributed by atoms with Crippen molar-refractivity contribution in [3.05, 3.63) is 101 Å². The monoisotopic (exact) mass is 496 g/mol. The van der Waals surface area contributed by atoms with Crippen molar-refractivity contribution >= 4 is 23.4 Å². The van der Waals surface area contributed by atoms with Gasteiger partial charge in [-0.15, -0.1) is 0 Å². The molecular formula is C28H30ClFN2O3. The number of rotatable bonds is 11. The third-order valence-corrected chi connectivity index (χ3v) is 5.97. The van der Waals surface area contributed by atoms with Crippen molar-refractivity contribution in [1.29, 1.82) is 0 Å². The summed E-state index contributed by atoms with van der Waals surface area (Å²) in [5.74, 6) is -0.607. The van der Waals surface area contributed by atoms with Crippen LogP contribution in [0.4, 0.5) is 4.39 Å². The molecule has 7 heteroatoms. The number of ether oxygens (including phenoxy) is 1. The zero-order valence-electron chi connectivity index (χ0n) is 19.9. The first-order valence-electron chi connectivity index (χ1n) is 11.6. The van der Waals surface area contributed by atoms with Crippen LogP contribution < -0.4 is 10.1 Å². The Balaban J connectivity index is 1.89. The molecule has 0 heterocycles. The van der Waals surface area contributed by atoms with Gasteiger partial charge in [-0.3, -0.25) is 9.59 Å². The van der Waals surface area contributed by atoms with E-state index in [1.165, 1.54) is 29.2 Å². The van der Waals surface area contributed by atoms with Gasteiger partial charge in [0.1, 0.15) is 17.6 Å². The molecule has 2 atom stereocenters. The van der Waals surface area contributed by atoms with Crippen molar-refractivity contribution in [1.82, 2.24) is 10.2 Å². The Kier molecular flexibility index (Phi) is 9.67. The van der Waals surface area contributed by atoms with Gasteiger partial charge in [0.2, 0.25) is 5.91 Å². The van der Waals surface area contributed by atoms with Crippen LogP contribution in [0.2, 0.25) is 5.02 Å². The summed E-state index contributed by atoms with van der Waals surface area (Å²) in [6.07, 6.45) is 1.11. The summed E-state index contributed by atoms with van der Waals surface area (Å²) in [7, 11) is 0. The summed E-state index contributed by atoms with van der Waals surface area (Å²) >= 11 is 6.04. The Morgan fingerprint density at radius 2 is 1.63 bits per heavy atom. The van der Waals surface area contributed by atoms with E-state index in [4.69, 9.17) is 16.3 Å². The van der Waals surface area contributed by atoms with E-state index in [2.05, 4.69) is 5.32 Å². The molecule has 0 aromatic heterocycles. The molecule has 0 aliphatic heterocycles. The molecular weight excluding hydrogens is 467 g/mol. The molecule has 0 bridgehead atoms. The zero-order valence-corrected chi connectivity index (χ0v) is 20.7. The third kappa shape index (κ3) is 8.11. The number of nitrogens with one attached hydrogen (secondary N) is 1. The molecule has 184 valence electrons. The largest absolute Gasteiger partial charge is 0.484 e. The van der Waals surface area contributed by atoms with Crippen LogP contribution in [-0.2, 0) is 22.6 Å². The quantitative estimate of drug-likeness (QED) is 0.386. The SMILES string of the molecule is CC[C@H](C)NC(=O)[C@H](Cc1ccccc1)N(Cc1ccc(Cl)cc1)C(=O)COc1ccc(F)cc1. The number of benzene rings is 3. The minimum atomic E-state index is -0.758. The van der Waals surface area contributed by atoms with Crippen LogP contribution in [0.5, 0.6) is 5.75 Å². The fourth-order valence-corrected chi connectivity index (χ4v) is 3.67. The van der Waals surface area contributed by atoms with Gasteiger partial charge in [-0.05, 0) is 60.9 Å². The lowest BCUT2D eigenvalue weighted by atomic mass is 10.0. The van der Waals surface area contributed by atoms with E-state index in [0.717, 1.165) is 17.5 Å². The number of carbonyl (C=O) groups is 2. The van der Waals surface area contributed by atoms with Crippen molar-refractivity contribution < 1.29 is 18.7 Å². The second kappa shape index (κ2) is 12.9. The maximum absolute atomic E-state index is 13.5. The van der Waals surface area contributed by atoms with E-state index in [1.54, 1.807) is 12.1 Å². The molecule has 3 aromatic rings. The average molecular weight is 497 g/mol. The zero-order chi connectivity index (χ0) is 25.2. The molecule has 0 radical (unpaired) electrons. The van der Waals surface area contributed by atoms with Crippen LogP contribution in [0.15, 0.2) is 78.9 Å². The molecule has 0 aliphatic rings. The number of nitrogens with zero attached hydrogens (tertiary/aromatic N) is 1. The summed E-state index contributed by atoms with van der Waals surface area (Å²) in [6.45, 7) is 3.83. The second-order valence-electron chi connectivity index (χ2n) is 8.41. The van der Waals surface area contributed by atoms with Crippen molar-refractivity contribution in [2.24, 2.45) is 0 Å². The van der Waals surface area contributed by atoms with Gasteiger partial charge in [0.15, 0.2) is 6.61 Å². The predicted molar refractivity (Wildman–Crippen MR) is 136 cm³/mol. The number of carbonyl (C=O) groups excluding carboxylic acids is 2. The van der Waals surface area contributed by atoms with Crippen LogP contribution in [0.1, 0.15) is 31.4 Å². The Morgan fingerprint density at radius 3 is 2.26 bits per heavy atom. The molecule has 3 rings (SSSR count). The van der Waals surface area contributed by atoms with Gasteiger partial charge in [0.25, 0.3) is 5.91 Å². The minimum absolute atomic E-state index is 0.0382. The first-order valence-corrected chi connectivity index (χ1v) is 12.0. The smallest absolute Gasteiger partial charge is 0.261 e. The van der Waals surface area contributed by atoms with Crippen LogP contribution in [0.3, 0.4) is 0 Å². The Morgan fingerprint density at radius 1 is 0.971 bits per heavy atom. The van der Waals surface area contributed by atoms with Crippen molar-refractivity contribution in [3.63, 3.8) is 0 Å². The first-order chi connectivity index (χ1) is 16.9. The maximum atomic E-state index is 13.5. The van der Waals surface area contributed by atoms with Gasteiger partial charge in [0, 0.05) is 24.0 Å². The molecule has 3 aromatic carbocycles. The number of amides is 2. The number of halogens is 2. The predicted octanol–water partition coefficient (Wildman–Crippen LogP) is 5.41. The van der Waals surface area contributed by atoms with Gasteiger partial charge in [-0.25, -0.2) is 4.39 Å². The summed E-state index contributed by atoms with van der Waals surface area (Å²) in [6, 6.07) is 21.4. The Hall–Kier alpha value is -3.38. The summed E-state index contributed by atoms with van der Waals surface area (Å²) in [4.78, 5) is 28.4. The molecule has 0 aliphatic carbocycles. The van der Waals surface area contributed by atoms with Gasteiger partial charge in [-0.1, -0.05) is 61.0 Å². The molecule has 0 unspecified atom stereocenters. The first kappa shape index (κ1) is 26.2. The molecule has 0 fully saturated rings. The van der Waals surface area contributed by atoms with E-state index >= 15 is 0 Å². The normalized spacial score (nSPS) is 12.5. The van der Waals surface area contributed by atoms with E-state index in [1.807, 2.05) is 56.3 Å². The van der Waals surface area contributed by atoms with Crippen LogP contribution in [0, 0.1) is 5.82 Å². The van der Waals surface area contributed by atoms with E-state index < -0.39 is 11.9 Å². The van der Waals surface area contributed by atoms with Crippen molar-refractivity contribution in [2.75, 3.05) is 6.61 Å². The van der Waals surface area contributed by atoms with Crippen LogP contribution in [0.25, 0.3) is 0 Å². The minimum Gasteiger partial charge on any atom is -0.484 e. The third-order valence-electron chi connectivity index (χ3n) is 5.71. The Labute approximate surface area is 210 Å². The van der Waals surface area contributed by atoms with Crippen molar-refractivity contribution in [3.8, 4) is 5.75 Å². The fourth-order valence-electron chi connectivity index (χ4n) is 3.54.